The van der Waals surface area contributed by atoms with Crippen LogP contribution < -0.4 is 14.8 Å². The van der Waals surface area contributed by atoms with Gasteiger partial charge >= 0.3 is 0 Å². The number of thiophene rings is 1. The Hall–Kier alpha value is -2.55. The van der Waals surface area contributed by atoms with Crippen LogP contribution in [-0.4, -0.2) is 20.9 Å². The molecule has 29 heavy (non-hydrogen) atoms. The first-order valence-corrected chi connectivity index (χ1v) is 11.5. The zero-order valence-electron chi connectivity index (χ0n) is 15.5. The van der Waals surface area contributed by atoms with Crippen LogP contribution in [0.2, 0.25) is 5.02 Å². The zero-order chi connectivity index (χ0) is 20.9. The minimum atomic E-state index is -3.90. The summed E-state index contributed by atoms with van der Waals surface area (Å²) < 4.78 is 33.3. The largest absolute Gasteiger partial charge is 0.494 e. The van der Waals surface area contributed by atoms with Crippen LogP contribution in [-0.2, 0) is 16.6 Å². The third kappa shape index (κ3) is 5.50. The van der Waals surface area contributed by atoms with Crippen LogP contribution in [0.3, 0.4) is 0 Å². The Bertz CT molecular complexity index is 1080. The van der Waals surface area contributed by atoms with Gasteiger partial charge in [0.25, 0.3) is 15.9 Å². The second kappa shape index (κ2) is 9.30. The molecule has 1 amide bonds. The number of sulfonamides is 1. The average molecular weight is 451 g/mol. The lowest BCUT2D eigenvalue weighted by atomic mass is 10.2. The predicted molar refractivity (Wildman–Crippen MR) is 115 cm³/mol. The summed E-state index contributed by atoms with van der Waals surface area (Å²) in [6, 6.07) is 12.5. The maximum Gasteiger partial charge on any atom is 0.261 e. The number of rotatable bonds is 8. The van der Waals surface area contributed by atoms with Gasteiger partial charge in [-0.1, -0.05) is 11.6 Å². The highest BCUT2D eigenvalue weighted by Gasteiger charge is 2.19. The van der Waals surface area contributed by atoms with Gasteiger partial charge in [-0.25, -0.2) is 8.42 Å². The molecule has 3 aromatic rings. The topological polar surface area (TPSA) is 84.5 Å². The number of amides is 1. The molecular weight excluding hydrogens is 432 g/mol. The summed E-state index contributed by atoms with van der Waals surface area (Å²) in [5.74, 6) is 0.200. The number of hydrogen-bond acceptors (Lipinski definition) is 5. The van der Waals surface area contributed by atoms with Crippen LogP contribution in [0.25, 0.3) is 0 Å². The van der Waals surface area contributed by atoms with Gasteiger partial charge in [-0.15, -0.1) is 0 Å². The van der Waals surface area contributed by atoms with Crippen LogP contribution in [0.1, 0.15) is 22.8 Å². The Labute approximate surface area is 178 Å². The summed E-state index contributed by atoms with van der Waals surface area (Å²) in [7, 11) is -3.90. The highest BCUT2D eigenvalue weighted by molar-refractivity contribution is 7.92. The summed E-state index contributed by atoms with van der Waals surface area (Å²) in [6.07, 6.45) is 0. The van der Waals surface area contributed by atoms with E-state index in [0.29, 0.717) is 24.6 Å². The Morgan fingerprint density at radius 2 is 1.90 bits per heavy atom. The molecule has 0 aliphatic heterocycles. The van der Waals surface area contributed by atoms with Crippen LogP contribution in [0.5, 0.6) is 5.75 Å². The Balaban J connectivity index is 1.76. The van der Waals surface area contributed by atoms with Crippen molar-refractivity contribution in [3.05, 3.63) is 75.4 Å². The fraction of sp³-hybridized carbons (Fsp3) is 0.150. The quantitative estimate of drug-likeness (QED) is 0.528. The predicted octanol–water partition coefficient (Wildman–Crippen LogP) is 4.53. The molecule has 2 N–H and O–H groups in total. The smallest absolute Gasteiger partial charge is 0.261 e. The lowest BCUT2D eigenvalue weighted by molar-refractivity contribution is 0.0951. The molecule has 0 saturated heterocycles. The second-order valence-corrected chi connectivity index (χ2v) is 8.89. The number of hydrogen-bond donors (Lipinski definition) is 2. The van der Waals surface area contributed by atoms with Gasteiger partial charge in [0.15, 0.2) is 0 Å². The number of carbonyl (C=O) groups excluding carboxylic acids is 1. The molecule has 3 rings (SSSR count). The van der Waals surface area contributed by atoms with E-state index in [-0.39, 0.29) is 15.5 Å². The summed E-state index contributed by atoms with van der Waals surface area (Å²) >= 11 is 7.65. The monoisotopic (exact) mass is 450 g/mol. The van der Waals surface area contributed by atoms with Gasteiger partial charge in [0.2, 0.25) is 0 Å². The molecular formula is C20H19ClN2O4S2. The summed E-state index contributed by atoms with van der Waals surface area (Å²) in [5.41, 5.74) is 1.43. The molecule has 0 spiro atoms. The van der Waals surface area contributed by atoms with E-state index in [1.165, 1.54) is 29.5 Å². The number of benzene rings is 2. The molecule has 0 aliphatic rings. The maximum atomic E-state index is 12.7. The standard InChI is InChI=1S/C20H19ClN2O4S2/c1-2-27-16-5-3-15(4-6-16)23-29(25,26)17-7-8-19(21)18(11-17)20(24)22-12-14-9-10-28-13-14/h3-11,13,23H,2,12H2,1H3,(H,22,24). The van der Waals surface area contributed by atoms with E-state index in [1.807, 2.05) is 23.8 Å². The fourth-order valence-electron chi connectivity index (χ4n) is 2.52. The summed E-state index contributed by atoms with van der Waals surface area (Å²) in [5, 5.41) is 6.75. The number of halogens is 1. The van der Waals surface area contributed by atoms with E-state index < -0.39 is 15.9 Å². The molecule has 0 saturated carbocycles. The SMILES string of the molecule is CCOc1ccc(NS(=O)(=O)c2ccc(Cl)c(C(=O)NCc3ccsc3)c2)cc1. The van der Waals surface area contributed by atoms with E-state index in [1.54, 1.807) is 24.3 Å². The van der Waals surface area contributed by atoms with Gasteiger partial charge in [0.05, 0.1) is 22.1 Å². The third-order valence-corrected chi connectivity index (χ3v) is 6.38. The van der Waals surface area contributed by atoms with Crippen molar-refractivity contribution in [3.8, 4) is 5.75 Å². The highest BCUT2D eigenvalue weighted by Crippen LogP contribution is 2.24. The fourth-order valence-corrected chi connectivity index (χ4v) is 4.47. The van der Waals surface area contributed by atoms with Gasteiger partial charge in [-0.2, -0.15) is 11.3 Å². The van der Waals surface area contributed by atoms with Gasteiger partial charge < -0.3 is 10.1 Å². The van der Waals surface area contributed by atoms with Crippen LogP contribution in [0.15, 0.2) is 64.2 Å². The Morgan fingerprint density at radius 1 is 1.14 bits per heavy atom. The van der Waals surface area contributed by atoms with Crippen molar-refractivity contribution in [1.82, 2.24) is 5.32 Å². The lowest BCUT2D eigenvalue weighted by Crippen LogP contribution is -2.23. The first-order chi connectivity index (χ1) is 13.9. The summed E-state index contributed by atoms with van der Waals surface area (Å²) in [6.45, 7) is 2.72. The molecule has 6 nitrogen and oxygen atoms in total. The third-order valence-electron chi connectivity index (χ3n) is 3.94. The van der Waals surface area contributed by atoms with Crippen molar-refractivity contribution >= 4 is 44.6 Å². The van der Waals surface area contributed by atoms with E-state index in [0.717, 1.165) is 5.56 Å². The van der Waals surface area contributed by atoms with Gasteiger partial charge in [0.1, 0.15) is 5.75 Å². The Morgan fingerprint density at radius 3 is 2.55 bits per heavy atom. The van der Waals surface area contributed by atoms with Crippen molar-refractivity contribution in [2.45, 2.75) is 18.4 Å². The van der Waals surface area contributed by atoms with Crippen molar-refractivity contribution in [1.29, 1.82) is 0 Å². The minimum Gasteiger partial charge on any atom is -0.494 e. The maximum absolute atomic E-state index is 12.7. The number of nitrogens with one attached hydrogen (secondary N) is 2. The van der Waals surface area contributed by atoms with E-state index >= 15 is 0 Å². The number of ether oxygens (including phenoxy) is 1. The average Bonchev–Trinajstić information content (AvgIpc) is 3.21. The molecule has 0 bridgehead atoms. The highest BCUT2D eigenvalue weighted by atomic mass is 35.5. The minimum absolute atomic E-state index is 0.0588. The molecule has 0 atom stereocenters. The van der Waals surface area contributed by atoms with Crippen LogP contribution in [0, 0.1) is 0 Å². The summed E-state index contributed by atoms with van der Waals surface area (Å²) in [4.78, 5) is 12.4. The molecule has 0 aliphatic carbocycles. The van der Waals surface area contributed by atoms with Gasteiger partial charge in [-0.3, -0.25) is 9.52 Å². The lowest BCUT2D eigenvalue weighted by Gasteiger charge is -2.11. The van der Waals surface area contributed by atoms with E-state index in [4.69, 9.17) is 16.3 Å². The molecule has 1 aromatic heterocycles. The molecule has 0 radical (unpaired) electrons. The first kappa shape index (κ1) is 21.2. The van der Waals surface area contributed by atoms with Crippen molar-refractivity contribution < 1.29 is 17.9 Å². The normalized spacial score (nSPS) is 11.1. The molecule has 0 fully saturated rings. The van der Waals surface area contributed by atoms with Crippen molar-refractivity contribution in [2.75, 3.05) is 11.3 Å². The van der Waals surface area contributed by atoms with Gasteiger partial charge in [-0.05, 0) is 71.8 Å². The number of anilines is 1. The molecule has 2 aromatic carbocycles. The number of carbonyl (C=O) groups is 1. The molecule has 0 unspecified atom stereocenters. The molecule has 1 heterocycles. The van der Waals surface area contributed by atoms with Crippen LogP contribution >= 0.6 is 22.9 Å². The van der Waals surface area contributed by atoms with Gasteiger partial charge in [0, 0.05) is 12.2 Å². The van der Waals surface area contributed by atoms with Crippen molar-refractivity contribution in [3.63, 3.8) is 0 Å². The first-order valence-electron chi connectivity index (χ1n) is 8.73. The molecule has 9 heteroatoms. The van der Waals surface area contributed by atoms with Crippen molar-refractivity contribution in [2.24, 2.45) is 0 Å². The van der Waals surface area contributed by atoms with Crippen LogP contribution in [0.4, 0.5) is 5.69 Å². The zero-order valence-corrected chi connectivity index (χ0v) is 17.9. The second-order valence-electron chi connectivity index (χ2n) is 6.02. The van der Waals surface area contributed by atoms with E-state index in [2.05, 4.69) is 10.0 Å². The molecule has 152 valence electrons. The Kier molecular flexibility index (Phi) is 6.79. The van der Waals surface area contributed by atoms with E-state index in [9.17, 15) is 13.2 Å².